The molecule has 1 saturated heterocycles. The molecule has 2 N–H and O–H groups in total. The molecule has 2 aliphatic rings. The van der Waals surface area contributed by atoms with Crippen LogP contribution in [0.4, 0.5) is 4.79 Å². The Hall–Kier alpha value is -4.06. The molecule has 1 aliphatic carbocycles. The molecule has 2 fully saturated rings. The number of benzene rings is 2. The lowest BCUT2D eigenvalue weighted by Crippen LogP contribution is -2.55. The number of amides is 2. The van der Waals surface area contributed by atoms with Crippen LogP contribution in [0.25, 0.3) is 22.2 Å². The van der Waals surface area contributed by atoms with Gasteiger partial charge in [-0.15, -0.1) is 0 Å². The summed E-state index contributed by atoms with van der Waals surface area (Å²) >= 11 is 0. The third-order valence-corrected chi connectivity index (χ3v) is 7.08. The van der Waals surface area contributed by atoms with Crippen LogP contribution in [-0.2, 0) is 16.0 Å². The van der Waals surface area contributed by atoms with Crippen LogP contribution in [0.2, 0.25) is 0 Å². The van der Waals surface area contributed by atoms with Crippen LogP contribution in [0, 0.1) is 17.2 Å². The Bertz CT molecular complexity index is 1430. The number of ether oxygens (including phenoxy) is 1. The lowest BCUT2D eigenvalue weighted by molar-refractivity contribution is -0.128. The maximum atomic E-state index is 13.3. The van der Waals surface area contributed by atoms with E-state index in [0.29, 0.717) is 17.5 Å². The second kappa shape index (κ2) is 9.43. The number of oxazole rings is 1. The van der Waals surface area contributed by atoms with Crippen LogP contribution in [0.1, 0.15) is 45.6 Å². The van der Waals surface area contributed by atoms with Gasteiger partial charge in [0.1, 0.15) is 17.7 Å². The Morgan fingerprint density at radius 1 is 1.19 bits per heavy atom. The number of rotatable bonds is 5. The fourth-order valence-corrected chi connectivity index (χ4v) is 5.49. The molecule has 9 heteroatoms. The smallest absolute Gasteiger partial charge is 0.417 e. The summed E-state index contributed by atoms with van der Waals surface area (Å²) in [6.07, 6.45) is 2.41. The number of hydrogen-bond donors (Lipinski definition) is 2. The summed E-state index contributed by atoms with van der Waals surface area (Å²) in [5, 5.41) is 12.6. The molecule has 2 aromatic carbocycles. The van der Waals surface area contributed by atoms with Gasteiger partial charge in [0.05, 0.1) is 11.6 Å². The Kier molecular flexibility index (Phi) is 6.28. The Morgan fingerprint density at radius 3 is 2.62 bits per heavy atom. The van der Waals surface area contributed by atoms with Crippen molar-refractivity contribution in [2.24, 2.45) is 5.92 Å². The van der Waals surface area contributed by atoms with Crippen molar-refractivity contribution in [3.63, 3.8) is 0 Å². The van der Waals surface area contributed by atoms with Crippen molar-refractivity contribution in [2.45, 2.75) is 70.2 Å². The normalized spacial score (nSPS) is 21.6. The average Bonchev–Trinajstić information content (AvgIpc) is 3.56. The van der Waals surface area contributed by atoms with Crippen LogP contribution < -0.4 is 11.1 Å². The number of hydrogen-bond acceptors (Lipinski definition) is 6. The molecule has 192 valence electrons. The highest BCUT2D eigenvalue weighted by molar-refractivity contribution is 5.87. The van der Waals surface area contributed by atoms with Crippen molar-refractivity contribution in [1.82, 2.24) is 15.2 Å². The van der Waals surface area contributed by atoms with E-state index < -0.39 is 29.5 Å². The van der Waals surface area contributed by atoms with E-state index >= 15 is 0 Å². The van der Waals surface area contributed by atoms with Gasteiger partial charge < -0.3 is 14.5 Å². The highest BCUT2D eigenvalue weighted by atomic mass is 16.6. The molecule has 37 heavy (non-hydrogen) atoms. The molecule has 0 spiro atoms. The zero-order valence-electron chi connectivity index (χ0n) is 21.1. The second-order valence-corrected chi connectivity index (χ2v) is 10.9. The van der Waals surface area contributed by atoms with Crippen molar-refractivity contribution in [3.05, 3.63) is 58.6 Å². The van der Waals surface area contributed by atoms with Crippen LogP contribution in [0.5, 0.6) is 0 Å². The quantitative estimate of drug-likeness (QED) is 0.540. The number of nitriles is 1. The summed E-state index contributed by atoms with van der Waals surface area (Å²) in [5.74, 6) is -0.714. The molecule has 1 aromatic heterocycles. The van der Waals surface area contributed by atoms with Gasteiger partial charge in [0.2, 0.25) is 5.91 Å². The molecule has 0 radical (unpaired) electrons. The zero-order valence-corrected chi connectivity index (χ0v) is 21.1. The summed E-state index contributed by atoms with van der Waals surface area (Å²) < 4.78 is 10.6. The molecule has 3 aromatic rings. The zero-order chi connectivity index (χ0) is 26.3. The summed E-state index contributed by atoms with van der Waals surface area (Å²) in [6.45, 7) is 5.42. The van der Waals surface area contributed by atoms with Gasteiger partial charge >= 0.3 is 11.8 Å². The van der Waals surface area contributed by atoms with Crippen LogP contribution in [0.3, 0.4) is 0 Å². The number of aromatic amines is 1. The third kappa shape index (κ3) is 5.10. The number of piperidine rings is 1. The maximum absolute atomic E-state index is 13.3. The number of aromatic nitrogens is 1. The highest BCUT2D eigenvalue weighted by Crippen LogP contribution is 2.43. The van der Waals surface area contributed by atoms with Crippen LogP contribution in [-0.4, -0.2) is 45.6 Å². The average molecular weight is 503 g/mol. The fourth-order valence-electron chi connectivity index (χ4n) is 5.49. The first-order chi connectivity index (χ1) is 17.6. The molecule has 1 saturated carbocycles. The van der Waals surface area contributed by atoms with Gasteiger partial charge in [-0.3, -0.25) is 14.7 Å². The van der Waals surface area contributed by atoms with Gasteiger partial charge in [-0.25, -0.2) is 9.59 Å². The van der Waals surface area contributed by atoms with E-state index in [1.165, 1.54) is 0 Å². The summed E-state index contributed by atoms with van der Waals surface area (Å²) in [6, 6.07) is 14.0. The van der Waals surface area contributed by atoms with E-state index in [4.69, 9.17) is 9.15 Å². The van der Waals surface area contributed by atoms with Crippen molar-refractivity contribution in [3.8, 4) is 17.2 Å². The Morgan fingerprint density at radius 2 is 1.92 bits per heavy atom. The van der Waals surface area contributed by atoms with Crippen molar-refractivity contribution in [1.29, 1.82) is 5.26 Å². The van der Waals surface area contributed by atoms with Crippen molar-refractivity contribution >= 4 is 23.1 Å². The molecule has 2 heterocycles. The minimum atomic E-state index is -0.731. The van der Waals surface area contributed by atoms with E-state index in [2.05, 4.69) is 16.4 Å². The van der Waals surface area contributed by atoms with E-state index in [0.717, 1.165) is 36.0 Å². The standard InChI is InChI=1S/C28H30N4O5/c1-28(2,3)37-27(35)32-21-10-8-19(13-21)24(32)25(33)30-20(15-29)12-16-4-6-17(7-5-16)18-9-11-23-22(14-18)31-26(34)36-23/h4-7,9,11,14,19-21,24H,8,10,12-13H2,1-3H3,(H,30,33)(H,31,34). The van der Waals surface area contributed by atoms with E-state index in [1.54, 1.807) is 11.0 Å². The molecule has 1 aliphatic heterocycles. The van der Waals surface area contributed by atoms with Gasteiger partial charge in [-0.1, -0.05) is 30.3 Å². The molecule has 2 amide bonds. The molecular formula is C28H30N4O5. The third-order valence-electron chi connectivity index (χ3n) is 7.08. The van der Waals surface area contributed by atoms with E-state index in [1.807, 2.05) is 57.2 Å². The molecule has 2 bridgehead atoms. The molecule has 4 unspecified atom stereocenters. The number of carbonyl (C=O) groups excluding carboxylic acids is 2. The number of fused-ring (bicyclic) bond motifs is 3. The number of nitrogens with zero attached hydrogens (tertiary/aromatic N) is 2. The van der Waals surface area contributed by atoms with Gasteiger partial charge in [-0.2, -0.15) is 5.26 Å². The van der Waals surface area contributed by atoms with Crippen LogP contribution >= 0.6 is 0 Å². The predicted molar refractivity (Wildman–Crippen MR) is 137 cm³/mol. The monoisotopic (exact) mass is 502 g/mol. The number of nitrogens with one attached hydrogen (secondary N) is 2. The van der Waals surface area contributed by atoms with Crippen molar-refractivity contribution < 1.29 is 18.7 Å². The molecule has 5 rings (SSSR count). The summed E-state index contributed by atoms with van der Waals surface area (Å²) in [5.41, 5.74) is 3.23. The first kappa shape index (κ1) is 24.6. The van der Waals surface area contributed by atoms with Crippen molar-refractivity contribution in [2.75, 3.05) is 0 Å². The number of H-pyrrole nitrogens is 1. The Balaban J connectivity index is 1.26. The number of carbonyl (C=O) groups is 2. The molecule has 9 nitrogen and oxygen atoms in total. The summed E-state index contributed by atoms with van der Waals surface area (Å²) in [4.78, 5) is 41.8. The largest absolute Gasteiger partial charge is 0.444 e. The minimum absolute atomic E-state index is 0.00257. The fraction of sp³-hybridized carbons (Fsp3) is 0.429. The van der Waals surface area contributed by atoms with Gasteiger partial charge in [0.15, 0.2) is 5.58 Å². The minimum Gasteiger partial charge on any atom is -0.444 e. The SMILES string of the molecule is CC(C)(C)OC(=O)N1C2CCC(C2)C1C(=O)NC(C#N)Cc1ccc(-c2ccc3oc(=O)[nH]c3c2)cc1. The Labute approximate surface area is 214 Å². The first-order valence-electron chi connectivity index (χ1n) is 12.5. The van der Waals surface area contributed by atoms with Gasteiger partial charge in [0, 0.05) is 12.5 Å². The number of likely N-dealkylation sites (tertiary alicyclic amines) is 1. The first-order valence-corrected chi connectivity index (χ1v) is 12.5. The maximum Gasteiger partial charge on any atom is 0.417 e. The van der Waals surface area contributed by atoms with Crippen LogP contribution in [0.15, 0.2) is 51.7 Å². The highest BCUT2D eigenvalue weighted by Gasteiger charge is 2.52. The lowest BCUT2D eigenvalue weighted by Gasteiger charge is -2.35. The molecular weight excluding hydrogens is 472 g/mol. The predicted octanol–water partition coefficient (Wildman–Crippen LogP) is 4.13. The van der Waals surface area contributed by atoms with E-state index in [-0.39, 0.29) is 17.9 Å². The lowest BCUT2D eigenvalue weighted by atomic mass is 9.97. The topological polar surface area (TPSA) is 128 Å². The van der Waals surface area contributed by atoms with Gasteiger partial charge in [0.25, 0.3) is 0 Å². The second-order valence-electron chi connectivity index (χ2n) is 10.9. The molecule has 4 atom stereocenters. The van der Waals surface area contributed by atoms with Gasteiger partial charge in [-0.05, 0) is 74.8 Å². The van der Waals surface area contributed by atoms with E-state index in [9.17, 15) is 19.6 Å². The summed E-state index contributed by atoms with van der Waals surface area (Å²) in [7, 11) is 0.